The Kier molecular flexibility index (Phi) is 14.7. The number of rotatable bonds is 2. The van der Waals surface area contributed by atoms with Gasteiger partial charge in [0.15, 0.2) is 5.82 Å². The molecule has 0 aliphatic carbocycles. The number of nitrogens with zero attached hydrogens (tertiary/aromatic N) is 5. The summed E-state index contributed by atoms with van der Waals surface area (Å²) < 4.78 is 24.1. The predicted molar refractivity (Wildman–Crippen MR) is 101 cm³/mol. The van der Waals surface area contributed by atoms with Crippen LogP contribution in [0.4, 0.5) is 0 Å². The normalized spacial score (nSPS) is 8.28. The maximum Gasteiger partial charge on any atom is 0.174 e. The van der Waals surface area contributed by atoms with Crippen LogP contribution in [0.5, 0.6) is 0 Å². The fraction of sp³-hybridized carbons (Fsp3) is 0. The molecule has 2 heterocycles. The van der Waals surface area contributed by atoms with E-state index in [4.69, 9.17) is 14.0 Å². The van der Waals surface area contributed by atoms with Crippen LogP contribution in [-0.4, -0.2) is 25.0 Å². The van der Waals surface area contributed by atoms with Gasteiger partial charge >= 0.3 is 64.5 Å². The number of benzene rings is 2. The summed E-state index contributed by atoms with van der Waals surface area (Å²) in [5.74, 6) is 0.656. The number of halogens is 1. The van der Waals surface area contributed by atoms with Crippen molar-refractivity contribution in [2.75, 3.05) is 0 Å². The van der Waals surface area contributed by atoms with E-state index in [0.717, 1.165) is 22.3 Å². The Morgan fingerprint density at radius 1 is 0.793 bits per heavy atom. The van der Waals surface area contributed by atoms with Crippen LogP contribution in [0.1, 0.15) is 0 Å². The molecule has 2 aromatic heterocycles. The van der Waals surface area contributed by atoms with Gasteiger partial charge in [-0.1, -0.05) is 47.7 Å². The number of fused-ring (bicyclic) bond motifs is 1. The van der Waals surface area contributed by atoms with Crippen molar-refractivity contribution in [2.24, 2.45) is 0 Å². The summed E-state index contributed by atoms with van der Waals surface area (Å²) in [6.45, 7) is 13.5. The van der Waals surface area contributed by atoms with Crippen LogP contribution in [0.25, 0.3) is 28.1 Å². The van der Waals surface area contributed by atoms with E-state index in [2.05, 4.69) is 53.7 Å². The summed E-state index contributed by atoms with van der Waals surface area (Å²) in [4.78, 5) is 8.94. The van der Waals surface area contributed by atoms with Crippen LogP contribution in [0.2, 0.25) is 0 Å². The molecule has 0 N–H and O–H groups in total. The van der Waals surface area contributed by atoms with Crippen molar-refractivity contribution in [2.45, 2.75) is 0 Å². The second-order valence-electron chi connectivity index (χ2n) is 4.63. The van der Waals surface area contributed by atoms with Crippen molar-refractivity contribution in [1.29, 1.82) is 0 Å². The van der Waals surface area contributed by atoms with E-state index in [-0.39, 0.29) is 0 Å². The number of hydrogen-bond acceptors (Lipinski definition) is 4. The Hall–Kier alpha value is -2.72. The van der Waals surface area contributed by atoms with Gasteiger partial charge in [0.1, 0.15) is 5.69 Å². The van der Waals surface area contributed by atoms with Gasteiger partial charge in [-0.15, -0.1) is 5.10 Å². The third-order valence-corrected chi connectivity index (χ3v) is 3.23. The molecule has 0 saturated heterocycles. The first-order valence-corrected chi connectivity index (χ1v) is 13.3. The standard InChI is InChI=1S/C16H11N5.3CO.BrH.Re/c1-2-6-12(7-3-1)15-11-21(20-19-15)16-10-17-13-8-4-5-9-14(13)18-16;3*1-2;;/h1-11H;;;;1H;/q;;;;;+1/p-1. The zero-order valence-electron chi connectivity index (χ0n) is 14.6. The SMILES string of the molecule is [Br][Re].[C-]#[O+].[C-]#[O+].[C-]#[O+].c1ccc(-c2cn(-c3cnc4ccccc4n3)nn2)cc1. The summed E-state index contributed by atoms with van der Waals surface area (Å²) in [5, 5.41) is 8.32. The van der Waals surface area contributed by atoms with E-state index in [1.165, 1.54) is 17.2 Å². The van der Waals surface area contributed by atoms with Crippen LogP contribution in [0.15, 0.2) is 67.0 Å². The Labute approximate surface area is 184 Å². The first-order valence-electron chi connectivity index (χ1n) is 7.36. The molecule has 0 spiro atoms. The summed E-state index contributed by atoms with van der Waals surface area (Å²) in [7, 11) is 0. The van der Waals surface area contributed by atoms with Gasteiger partial charge in [-0.05, 0) is 12.1 Å². The first-order chi connectivity index (χ1) is 14.4. The average molecular weight is 623 g/mol. The van der Waals surface area contributed by atoms with Crippen molar-refractivity contribution in [3.8, 4) is 17.1 Å². The molecule has 0 amide bonds. The van der Waals surface area contributed by atoms with E-state index in [0.29, 0.717) is 5.82 Å². The second-order valence-corrected chi connectivity index (χ2v) is 4.63. The number of para-hydroxylation sites is 2. The molecular formula is C19H11BrN5O3Re. The third-order valence-electron chi connectivity index (χ3n) is 3.23. The minimum absolute atomic E-state index is 0.656. The van der Waals surface area contributed by atoms with E-state index in [9.17, 15) is 0 Å². The molecule has 0 atom stereocenters. The monoisotopic (exact) mass is 623 g/mol. The number of aromatic nitrogens is 5. The van der Waals surface area contributed by atoms with Crippen molar-refractivity contribution in [3.63, 3.8) is 0 Å². The molecule has 8 nitrogen and oxygen atoms in total. The van der Waals surface area contributed by atoms with E-state index >= 15 is 0 Å². The van der Waals surface area contributed by atoms with E-state index < -0.39 is 0 Å². The van der Waals surface area contributed by atoms with Gasteiger partial charge in [-0.25, -0.2) is 9.67 Å². The maximum atomic E-state index is 7.50. The molecule has 4 aromatic rings. The summed E-state index contributed by atoms with van der Waals surface area (Å²) >= 11 is 4.53. The zero-order valence-corrected chi connectivity index (χ0v) is 18.9. The molecule has 0 fully saturated rings. The molecule has 0 aliphatic heterocycles. The fourth-order valence-electron chi connectivity index (χ4n) is 2.17. The van der Waals surface area contributed by atoms with Gasteiger partial charge in [0, 0.05) is 5.56 Å². The minimum atomic E-state index is 0.656. The fourth-order valence-corrected chi connectivity index (χ4v) is 2.17. The summed E-state index contributed by atoms with van der Waals surface area (Å²) in [5.41, 5.74) is 3.54. The van der Waals surface area contributed by atoms with Gasteiger partial charge in [-0.3, -0.25) is 4.98 Å². The average Bonchev–Trinajstić information content (AvgIpc) is 3.35. The van der Waals surface area contributed by atoms with Gasteiger partial charge in [0.2, 0.25) is 0 Å². The van der Waals surface area contributed by atoms with Gasteiger partial charge in [-0.2, -0.15) is 0 Å². The second kappa shape index (κ2) is 16.3. The Bertz CT molecular complexity index is 1040. The third kappa shape index (κ3) is 7.67. The van der Waals surface area contributed by atoms with Crippen LogP contribution in [-0.2, 0) is 31.1 Å². The molecule has 0 aliphatic rings. The van der Waals surface area contributed by atoms with Gasteiger partial charge in [0.05, 0.1) is 23.4 Å². The Balaban J connectivity index is 0.000000881. The van der Waals surface area contributed by atoms with E-state index in [1.807, 2.05) is 60.8 Å². The van der Waals surface area contributed by atoms with Crippen LogP contribution >= 0.6 is 13.4 Å². The van der Waals surface area contributed by atoms with Gasteiger partial charge < -0.3 is 0 Å². The molecule has 144 valence electrons. The number of hydrogen-bond donors (Lipinski definition) is 0. The summed E-state index contributed by atoms with van der Waals surface area (Å²) in [6.07, 6.45) is 3.56. The molecule has 0 saturated carbocycles. The molecular weight excluding hydrogens is 612 g/mol. The van der Waals surface area contributed by atoms with Crippen molar-refractivity contribution < 1.29 is 31.1 Å². The molecule has 4 rings (SSSR count). The quantitative estimate of drug-likeness (QED) is 0.251. The molecule has 0 bridgehead atoms. The first kappa shape index (κ1) is 26.3. The predicted octanol–water partition coefficient (Wildman–Crippen LogP) is 3.61. The molecule has 0 unspecified atom stereocenters. The zero-order chi connectivity index (χ0) is 22.1. The molecule has 29 heavy (non-hydrogen) atoms. The van der Waals surface area contributed by atoms with Gasteiger partial charge in [0.25, 0.3) is 0 Å². The smallest absolute Gasteiger partial charge is 0.174 e. The van der Waals surface area contributed by atoms with Crippen LogP contribution < -0.4 is 0 Å². The Morgan fingerprint density at radius 2 is 1.34 bits per heavy atom. The van der Waals surface area contributed by atoms with Crippen LogP contribution in [0.3, 0.4) is 0 Å². The van der Waals surface area contributed by atoms with Crippen molar-refractivity contribution in [1.82, 2.24) is 25.0 Å². The van der Waals surface area contributed by atoms with Crippen molar-refractivity contribution in [3.05, 3.63) is 86.9 Å². The van der Waals surface area contributed by atoms with Crippen molar-refractivity contribution >= 4 is 24.5 Å². The largest absolute Gasteiger partial charge is 0.251 e. The van der Waals surface area contributed by atoms with Crippen LogP contribution in [0, 0.1) is 20.0 Å². The molecule has 10 heteroatoms. The maximum absolute atomic E-state index is 7.50. The topological polar surface area (TPSA) is 116 Å². The summed E-state index contributed by atoms with van der Waals surface area (Å²) in [6, 6.07) is 17.7. The molecule has 2 aromatic carbocycles. The Morgan fingerprint density at radius 3 is 1.97 bits per heavy atom. The molecule has 0 radical (unpaired) electrons. The minimum Gasteiger partial charge on any atom is -0.251 e. The van der Waals surface area contributed by atoms with E-state index in [1.54, 1.807) is 10.9 Å².